The molecular formula is C15H25ClN2O. The quantitative estimate of drug-likeness (QED) is 0.924. The highest BCUT2D eigenvalue weighted by Crippen LogP contribution is 2.24. The molecule has 1 saturated heterocycles. The molecule has 1 aliphatic rings. The summed E-state index contributed by atoms with van der Waals surface area (Å²) in [5.41, 5.74) is 7.25. The minimum atomic E-state index is 0. The lowest BCUT2D eigenvalue weighted by Crippen LogP contribution is -2.39. The van der Waals surface area contributed by atoms with Gasteiger partial charge in [0, 0.05) is 18.2 Å². The molecule has 1 aliphatic heterocycles. The van der Waals surface area contributed by atoms with E-state index >= 15 is 0 Å². The Kier molecular flexibility index (Phi) is 6.63. The second-order valence-corrected chi connectivity index (χ2v) is 5.28. The van der Waals surface area contributed by atoms with Gasteiger partial charge in [0.05, 0.1) is 7.11 Å². The number of hydrogen-bond acceptors (Lipinski definition) is 3. The maximum absolute atomic E-state index is 5.97. The van der Waals surface area contributed by atoms with Crippen molar-refractivity contribution in [2.45, 2.75) is 32.4 Å². The Morgan fingerprint density at radius 1 is 1.32 bits per heavy atom. The largest absolute Gasteiger partial charge is 0.496 e. The zero-order valence-corrected chi connectivity index (χ0v) is 12.7. The molecule has 108 valence electrons. The van der Waals surface area contributed by atoms with Crippen LogP contribution in [0.4, 0.5) is 0 Å². The van der Waals surface area contributed by atoms with Crippen LogP contribution in [0.15, 0.2) is 24.3 Å². The molecule has 19 heavy (non-hydrogen) atoms. The van der Waals surface area contributed by atoms with Crippen LogP contribution in [0.2, 0.25) is 0 Å². The van der Waals surface area contributed by atoms with Gasteiger partial charge in [-0.2, -0.15) is 0 Å². The fourth-order valence-electron chi connectivity index (χ4n) is 2.71. The van der Waals surface area contributed by atoms with Gasteiger partial charge < -0.3 is 10.5 Å². The Morgan fingerprint density at radius 2 is 1.95 bits per heavy atom. The van der Waals surface area contributed by atoms with Crippen LogP contribution in [0.1, 0.15) is 25.3 Å². The molecule has 1 aromatic carbocycles. The van der Waals surface area contributed by atoms with Crippen molar-refractivity contribution >= 4 is 12.4 Å². The van der Waals surface area contributed by atoms with Crippen molar-refractivity contribution in [1.29, 1.82) is 0 Å². The fraction of sp³-hybridized carbons (Fsp3) is 0.600. The van der Waals surface area contributed by atoms with Crippen molar-refractivity contribution in [3.63, 3.8) is 0 Å². The summed E-state index contributed by atoms with van der Waals surface area (Å²) in [6.07, 6.45) is 2.43. The summed E-state index contributed by atoms with van der Waals surface area (Å²) in [7, 11) is 1.74. The Balaban J connectivity index is 0.00000180. The second-order valence-electron chi connectivity index (χ2n) is 5.28. The molecule has 1 fully saturated rings. The third kappa shape index (κ3) is 4.37. The van der Waals surface area contributed by atoms with E-state index in [0.29, 0.717) is 12.0 Å². The number of nitrogens with zero attached hydrogens (tertiary/aromatic N) is 1. The van der Waals surface area contributed by atoms with Gasteiger partial charge in [-0.1, -0.05) is 18.2 Å². The minimum absolute atomic E-state index is 0. The first kappa shape index (κ1) is 16.3. The van der Waals surface area contributed by atoms with E-state index < -0.39 is 0 Å². The zero-order chi connectivity index (χ0) is 13.0. The molecule has 0 bridgehead atoms. The number of rotatable bonds is 4. The number of hydrogen-bond donors (Lipinski definition) is 1. The van der Waals surface area contributed by atoms with E-state index in [2.05, 4.69) is 24.0 Å². The molecule has 0 aromatic heterocycles. The number of likely N-dealkylation sites (tertiary alicyclic amines) is 1. The van der Waals surface area contributed by atoms with E-state index in [0.717, 1.165) is 25.4 Å². The number of ether oxygens (including phenoxy) is 1. The van der Waals surface area contributed by atoms with Gasteiger partial charge in [0.15, 0.2) is 0 Å². The van der Waals surface area contributed by atoms with Crippen LogP contribution in [0.3, 0.4) is 0 Å². The number of halogens is 1. The van der Waals surface area contributed by atoms with E-state index in [1.165, 1.54) is 18.4 Å². The Labute approximate surface area is 122 Å². The van der Waals surface area contributed by atoms with Crippen molar-refractivity contribution in [1.82, 2.24) is 4.90 Å². The summed E-state index contributed by atoms with van der Waals surface area (Å²) in [4.78, 5) is 2.50. The fourth-order valence-corrected chi connectivity index (χ4v) is 2.71. The molecule has 1 atom stereocenters. The molecule has 0 radical (unpaired) electrons. The molecule has 0 spiro atoms. The van der Waals surface area contributed by atoms with Gasteiger partial charge in [-0.25, -0.2) is 0 Å². The summed E-state index contributed by atoms with van der Waals surface area (Å²) >= 11 is 0. The normalized spacial score (nSPS) is 18.7. The smallest absolute Gasteiger partial charge is 0.123 e. The summed E-state index contributed by atoms with van der Waals surface area (Å²) < 4.78 is 5.40. The Hall–Kier alpha value is -0.770. The Bertz CT molecular complexity index is 376. The number of nitrogens with two attached hydrogens (primary N) is 1. The average Bonchev–Trinajstić information content (AvgIpc) is 2.40. The number of piperidine rings is 1. The zero-order valence-electron chi connectivity index (χ0n) is 11.8. The highest BCUT2D eigenvalue weighted by Gasteiger charge is 2.22. The van der Waals surface area contributed by atoms with Gasteiger partial charge >= 0.3 is 0 Å². The highest BCUT2D eigenvalue weighted by molar-refractivity contribution is 5.85. The van der Waals surface area contributed by atoms with Crippen molar-refractivity contribution in [2.24, 2.45) is 11.7 Å². The molecule has 4 heteroatoms. The summed E-state index contributed by atoms with van der Waals surface area (Å²) in [6, 6.07) is 8.61. The van der Waals surface area contributed by atoms with Gasteiger partial charge in [0.1, 0.15) is 5.75 Å². The van der Waals surface area contributed by atoms with Gasteiger partial charge in [-0.3, -0.25) is 4.90 Å². The van der Waals surface area contributed by atoms with E-state index in [-0.39, 0.29) is 12.4 Å². The molecule has 0 aliphatic carbocycles. The second kappa shape index (κ2) is 7.73. The summed E-state index contributed by atoms with van der Waals surface area (Å²) in [5.74, 6) is 1.69. The predicted molar refractivity (Wildman–Crippen MR) is 81.9 cm³/mol. The average molecular weight is 285 g/mol. The standard InChI is InChI=1S/C15H24N2O.ClH/c1-12(16)13-7-9-17(10-8-13)11-14-5-3-4-6-15(14)18-2;/h3-6,12-13H,7-11,16H2,1-2H3;1H. The topological polar surface area (TPSA) is 38.5 Å². The molecule has 3 nitrogen and oxygen atoms in total. The van der Waals surface area contributed by atoms with Gasteiger partial charge in [0.2, 0.25) is 0 Å². The van der Waals surface area contributed by atoms with Crippen LogP contribution < -0.4 is 10.5 Å². The number of para-hydroxylation sites is 1. The summed E-state index contributed by atoms with van der Waals surface area (Å²) in [5, 5.41) is 0. The first-order valence-corrected chi connectivity index (χ1v) is 6.80. The minimum Gasteiger partial charge on any atom is -0.496 e. The third-order valence-electron chi connectivity index (χ3n) is 3.96. The first-order valence-electron chi connectivity index (χ1n) is 6.80. The first-order chi connectivity index (χ1) is 8.70. The van der Waals surface area contributed by atoms with Crippen LogP contribution in [-0.2, 0) is 6.54 Å². The van der Waals surface area contributed by atoms with Gasteiger partial charge in [-0.05, 0) is 44.8 Å². The Morgan fingerprint density at radius 3 is 2.53 bits per heavy atom. The van der Waals surface area contributed by atoms with Gasteiger partial charge in [0.25, 0.3) is 0 Å². The number of methoxy groups -OCH3 is 1. The van der Waals surface area contributed by atoms with Crippen molar-refractivity contribution in [2.75, 3.05) is 20.2 Å². The molecule has 1 unspecified atom stereocenters. The van der Waals surface area contributed by atoms with E-state index in [9.17, 15) is 0 Å². The molecule has 0 amide bonds. The van der Waals surface area contributed by atoms with Crippen LogP contribution >= 0.6 is 12.4 Å². The van der Waals surface area contributed by atoms with Crippen molar-refractivity contribution in [3.05, 3.63) is 29.8 Å². The molecule has 0 saturated carbocycles. The highest BCUT2D eigenvalue weighted by atomic mass is 35.5. The maximum atomic E-state index is 5.97. The van der Waals surface area contributed by atoms with E-state index in [1.54, 1.807) is 7.11 Å². The predicted octanol–water partition coefficient (Wildman–Crippen LogP) is 2.68. The molecule has 2 N–H and O–H groups in total. The number of benzene rings is 1. The van der Waals surface area contributed by atoms with Crippen LogP contribution in [0.5, 0.6) is 5.75 Å². The van der Waals surface area contributed by atoms with E-state index in [1.807, 2.05) is 12.1 Å². The van der Waals surface area contributed by atoms with Crippen molar-refractivity contribution < 1.29 is 4.74 Å². The lowest BCUT2D eigenvalue weighted by molar-refractivity contribution is 0.164. The maximum Gasteiger partial charge on any atom is 0.123 e. The lowest BCUT2D eigenvalue weighted by Gasteiger charge is -2.33. The summed E-state index contributed by atoms with van der Waals surface area (Å²) in [6.45, 7) is 5.39. The van der Waals surface area contributed by atoms with Crippen LogP contribution in [0.25, 0.3) is 0 Å². The SMILES string of the molecule is COc1ccccc1CN1CCC(C(C)N)CC1.Cl. The lowest BCUT2D eigenvalue weighted by atomic mass is 9.91. The van der Waals surface area contributed by atoms with Crippen LogP contribution in [-0.4, -0.2) is 31.1 Å². The molecule has 1 aromatic rings. The molecule has 2 rings (SSSR count). The van der Waals surface area contributed by atoms with E-state index in [4.69, 9.17) is 10.5 Å². The van der Waals surface area contributed by atoms with Crippen LogP contribution in [0, 0.1) is 5.92 Å². The van der Waals surface area contributed by atoms with Gasteiger partial charge in [-0.15, -0.1) is 12.4 Å². The third-order valence-corrected chi connectivity index (χ3v) is 3.96. The molecule has 1 heterocycles. The van der Waals surface area contributed by atoms with Crippen molar-refractivity contribution in [3.8, 4) is 5.75 Å². The molecular weight excluding hydrogens is 260 g/mol. The monoisotopic (exact) mass is 284 g/mol.